The molecule has 2 aromatic rings. The summed E-state index contributed by atoms with van der Waals surface area (Å²) in [5.74, 6) is -0.547. The van der Waals surface area contributed by atoms with Gasteiger partial charge < -0.3 is 10.2 Å². The second-order valence-corrected chi connectivity index (χ2v) is 7.04. The van der Waals surface area contributed by atoms with Crippen LogP contribution in [0.2, 0.25) is 0 Å². The Hall–Kier alpha value is -2.95. The van der Waals surface area contributed by atoms with Crippen molar-refractivity contribution in [2.24, 2.45) is 0 Å². The van der Waals surface area contributed by atoms with Crippen LogP contribution < -0.4 is 5.32 Å². The molecule has 0 bridgehead atoms. The molecule has 1 N–H and O–H groups in total. The summed E-state index contributed by atoms with van der Waals surface area (Å²) in [6, 6.07) is 13.2. The number of para-hydroxylation sites is 1. The van der Waals surface area contributed by atoms with Crippen molar-refractivity contribution in [3.8, 4) is 0 Å². The summed E-state index contributed by atoms with van der Waals surface area (Å²) in [7, 11) is 1.58. The topological polar surface area (TPSA) is 66.5 Å². The van der Waals surface area contributed by atoms with Crippen LogP contribution in [-0.2, 0) is 16.0 Å². The minimum absolute atomic E-state index is 0.0496. The third-order valence-electron chi connectivity index (χ3n) is 4.80. The van der Waals surface area contributed by atoms with Gasteiger partial charge >= 0.3 is 0 Å². The zero-order chi connectivity index (χ0) is 20.7. The number of hydrogen-bond donors (Lipinski definition) is 1. The van der Waals surface area contributed by atoms with E-state index in [0.717, 1.165) is 23.2 Å². The zero-order valence-electron chi connectivity index (χ0n) is 17.0. The van der Waals surface area contributed by atoms with E-state index in [-0.39, 0.29) is 37.0 Å². The summed E-state index contributed by atoms with van der Waals surface area (Å²) in [5.41, 5.74) is 4.51. The number of hydrogen-bond acceptors (Lipinski definition) is 3. The van der Waals surface area contributed by atoms with Crippen LogP contribution in [0.1, 0.15) is 46.8 Å². The van der Waals surface area contributed by atoms with Crippen LogP contribution in [0.5, 0.6) is 0 Å². The number of rotatable bonds is 8. The standard InChI is InChI=1S/C23H28N2O3/c1-5-18-9-11-19(12-10-18)20(26)13-14-22(28)25(4)15-21(27)24-23-16(2)7-6-8-17(23)3/h6-12H,5,13-15H2,1-4H3,(H,24,27). The zero-order valence-corrected chi connectivity index (χ0v) is 17.0. The van der Waals surface area contributed by atoms with Crippen molar-refractivity contribution in [1.29, 1.82) is 0 Å². The molecule has 0 unspecified atom stereocenters. The summed E-state index contributed by atoms with van der Waals surface area (Å²) in [5, 5.41) is 2.87. The number of nitrogens with zero attached hydrogens (tertiary/aromatic N) is 1. The van der Waals surface area contributed by atoms with E-state index in [1.54, 1.807) is 19.2 Å². The fourth-order valence-electron chi connectivity index (χ4n) is 2.98. The predicted molar refractivity (Wildman–Crippen MR) is 112 cm³/mol. The van der Waals surface area contributed by atoms with Gasteiger partial charge in [-0.2, -0.15) is 0 Å². The Morgan fingerprint density at radius 3 is 2.11 bits per heavy atom. The smallest absolute Gasteiger partial charge is 0.243 e. The maximum atomic E-state index is 12.3. The third kappa shape index (κ3) is 5.78. The van der Waals surface area contributed by atoms with Gasteiger partial charge in [-0.25, -0.2) is 0 Å². The first-order valence-corrected chi connectivity index (χ1v) is 9.54. The largest absolute Gasteiger partial charge is 0.336 e. The summed E-state index contributed by atoms with van der Waals surface area (Å²) in [6.07, 6.45) is 1.14. The van der Waals surface area contributed by atoms with Crippen molar-refractivity contribution >= 4 is 23.3 Å². The molecule has 0 aliphatic carbocycles. The molecule has 2 amide bonds. The van der Waals surface area contributed by atoms with Gasteiger partial charge in [0.25, 0.3) is 0 Å². The number of Topliss-reactive ketones (excluding diaryl/α,β-unsaturated/α-hetero) is 1. The van der Waals surface area contributed by atoms with E-state index in [4.69, 9.17) is 0 Å². The molecule has 5 nitrogen and oxygen atoms in total. The van der Waals surface area contributed by atoms with Crippen LogP contribution in [0.4, 0.5) is 5.69 Å². The Kier molecular flexibility index (Phi) is 7.50. The lowest BCUT2D eigenvalue weighted by molar-refractivity contribution is -0.133. The van der Waals surface area contributed by atoms with Crippen molar-refractivity contribution in [1.82, 2.24) is 4.90 Å². The molecular formula is C23H28N2O3. The van der Waals surface area contributed by atoms with Gasteiger partial charge in [-0.1, -0.05) is 49.4 Å². The molecule has 0 heterocycles. The number of carbonyl (C=O) groups excluding carboxylic acids is 3. The molecule has 0 fully saturated rings. The molecule has 148 valence electrons. The van der Waals surface area contributed by atoms with Gasteiger partial charge in [-0.15, -0.1) is 0 Å². The molecule has 0 saturated carbocycles. The molecule has 0 saturated heterocycles. The first-order valence-electron chi connectivity index (χ1n) is 9.54. The number of likely N-dealkylation sites (N-methyl/N-ethyl adjacent to an activating group) is 1. The molecule has 0 aromatic heterocycles. The van der Waals surface area contributed by atoms with Crippen LogP contribution in [0, 0.1) is 13.8 Å². The summed E-state index contributed by atoms with van der Waals surface area (Å²) >= 11 is 0. The molecule has 2 aromatic carbocycles. The maximum absolute atomic E-state index is 12.3. The summed E-state index contributed by atoms with van der Waals surface area (Å²) < 4.78 is 0. The van der Waals surface area contributed by atoms with E-state index in [1.807, 2.05) is 44.2 Å². The van der Waals surface area contributed by atoms with Crippen molar-refractivity contribution in [3.63, 3.8) is 0 Å². The highest BCUT2D eigenvalue weighted by Crippen LogP contribution is 2.19. The maximum Gasteiger partial charge on any atom is 0.243 e. The lowest BCUT2D eigenvalue weighted by Gasteiger charge is -2.18. The highest BCUT2D eigenvalue weighted by atomic mass is 16.2. The van der Waals surface area contributed by atoms with Gasteiger partial charge in [0, 0.05) is 31.1 Å². The highest BCUT2D eigenvalue weighted by molar-refractivity contribution is 5.99. The Morgan fingerprint density at radius 2 is 1.54 bits per heavy atom. The quantitative estimate of drug-likeness (QED) is 0.706. The monoisotopic (exact) mass is 380 g/mol. The van der Waals surface area contributed by atoms with Gasteiger partial charge in [0.1, 0.15) is 0 Å². The molecular weight excluding hydrogens is 352 g/mol. The van der Waals surface area contributed by atoms with Gasteiger partial charge in [0.15, 0.2) is 5.78 Å². The van der Waals surface area contributed by atoms with Crippen molar-refractivity contribution in [2.75, 3.05) is 18.9 Å². The van der Waals surface area contributed by atoms with Gasteiger partial charge in [0.05, 0.1) is 6.54 Å². The van der Waals surface area contributed by atoms with Crippen LogP contribution in [0.25, 0.3) is 0 Å². The van der Waals surface area contributed by atoms with Crippen molar-refractivity contribution in [3.05, 3.63) is 64.7 Å². The molecule has 5 heteroatoms. The number of amides is 2. The van der Waals surface area contributed by atoms with Crippen LogP contribution in [0.3, 0.4) is 0 Å². The second-order valence-electron chi connectivity index (χ2n) is 7.04. The molecule has 0 spiro atoms. The minimum Gasteiger partial charge on any atom is -0.336 e. The molecule has 28 heavy (non-hydrogen) atoms. The van der Waals surface area contributed by atoms with E-state index >= 15 is 0 Å². The number of carbonyl (C=O) groups is 3. The Labute approximate surface area is 166 Å². The number of ketones is 1. The first kappa shape index (κ1) is 21.4. The minimum atomic E-state index is -0.255. The van der Waals surface area contributed by atoms with Crippen molar-refractivity contribution in [2.45, 2.75) is 40.0 Å². The van der Waals surface area contributed by atoms with Gasteiger partial charge in [0.2, 0.25) is 11.8 Å². The Balaban J connectivity index is 1.84. The molecule has 0 aliphatic rings. The molecule has 0 radical (unpaired) electrons. The van der Waals surface area contributed by atoms with Crippen molar-refractivity contribution < 1.29 is 14.4 Å². The van der Waals surface area contributed by atoms with E-state index in [2.05, 4.69) is 12.2 Å². The molecule has 2 rings (SSSR count). The number of aryl methyl sites for hydroxylation is 3. The number of anilines is 1. The SMILES string of the molecule is CCc1ccc(C(=O)CCC(=O)N(C)CC(=O)Nc2c(C)cccc2C)cc1. The van der Waals surface area contributed by atoms with Gasteiger partial charge in [-0.05, 0) is 37.0 Å². The first-order chi connectivity index (χ1) is 13.3. The van der Waals surface area contributed by atoms with E-state index in [9.17, 15) is 14.4 Å². The summed E-state index contributed by atoms with van der Waals surface area (Å²) in [6.45, 7) is 5.86. The van der Waals surface area contributed by atoms with Crippen LogP contribution in [0.15, 0.2) is 42.5 Å². The van der Waals surface area contributed by atoms with Crippen LogP contribution in [-0.4, -0.2) is 36.1 Å². The van der Waals surface area contributed by atoms with E-state index < -0.39 is 0 Å². The fourth-order valence-corrected chi connectivity index (χ4v) is 2.98. The summed E-state index contributed by atoms with van der Waals surface area (Å²) in [4.78, 5) is 38.2. The lowest BCUT2D eigenvalue weighted by atomic mass is 10.0. The van der Waals surface area contributed by atoms with Gasteiger partial charge in [-0.3, -0.25) is 14.4 Å². The van der Waals surface area contributed by atoms with Crippen LogP contribution >= 0.6 is 0 Å². The Bertz CT molecular complexity index is 836. The predicted octanol–water partition coefficient (Wildman–Crippen LogP) is 3.93. The Morgan fingerprint density at radius 1 is 0.929 bits per heavy atom. The lowest BCUT2D eigenvalue weighted by Crippen LogP contribution is -2.35. The number of nitrogens with one attached hydrogen (secondary N) is 1. The molecule has 0 atom stereocenters. The average molecular weight is 380 g/mol. The molecule has 0 aliphatic heterocycles. The average Bonchev–Trinajstić information content (AvgIpc) is 2.68. The van der Waals surface area contributed by atoms with E-state index in [0.29, 0.717) is 5.56 Å². The number of benzene rings is 2. The van der Waals surface area contributed by atoms with E-state index in [1.165, 1.54) is 10.5 Å². The second kappa shape index (κ2) is 9.83. The highest BCUT2D eigenvalue weighted by Gasteiger charge is 2.16. The normalized spacial score (nSPS) is 10.4. The fraction of sp³-hybridized carbons (Fsp3) is 0.348. The third-order valence-corrected chi connectivity index (χ3v) is 4.80.